The van der Waals surface area contributed by atoms with Crippen LogP contribution in [-0.4, -0.2) is 32.1 Å². The third kappa shape index (κ3) is 3.39. The molecule has 0 amide bonds. The molecule has 0 saturated heterocycles. The van der Waals surface area contributed by atoms with Gasteiger partial charge in [-0.15, -0.1) is 0 Å². The zero-order valence-electron chi connectivity index (χ0n) is 13.4. The van der Waals surface area contributed by atoms with Crippen molar-refractivity contribution in [3.05, 3.63) is 64.1 Å². The highest BCUT2D eigenvalue weighted by molar-refractivity contribution is 5.95. The van der Waals surface area contributed by atoms with Crippen LogP contribution in [0.1, 0.15) is 23.0 Å². The van der Waals surface area contributed by atoms with Gasteiger partial charge in [0.1, 0.15) is 5.56 Å². The van der Waals surface area contributed by atoms with Gasteiger partial charge in [0.05, 0.1) is 30.0 Å². The Kier molecular flexibility index (Phi) is 4.55. The minimum atomic E-state index is -0.726. The normalized spacial score (nSPS) is 10.6. The van der Waals surface area contributed by atoms with Crippen LogP contribution in [0.15, 0.2) is 42.7 Å². The number of rotatable bonds is 6. The topological polar surface area (TPSA) is 112 Å². The van der Waals surface area contributed by atoms with Gasteiger partial charge in [-0.2, -0.15) is 5.10 Å². The Balaban J connectivity index is 1.85. The van der Waals surface area contributed by atoms with Crippen LogP contribution in [-0.2, 0) is 11.3 Å². The largest absolute Gasteiger partial charge is 0.462 e. The monoisotopic (exact) mass is 341 g/mol. The Morgan fingerprint density at radius 3 is 2.92 bits per heavy atom. The molecule has 1 N–H and O–H groups in total. The second-order valence-corrected chi connectivity index (χ2v) is 5.10. The number of nitrogens with one attached hydrogen (secondary N) is 1. The number of anilines is 1. The van der Waals surface area contributed by atoms with Gasteiger partial charge in [-0.05, 0) is 25.1 Å². The number of benzene rings is 1. The summed E-state index contributed by atoms with van der Waals surface area (Å²) in [7, 11) is 0. The van der Waals surface area contributed by atoms with Crippen molar-refractivity contribution >= 4 is 23.0 Å². The summed E-state index contributed by atoms with van der Waals surface area (Å²) in [5.74, 6) is -0.726. The van der Waals surface area contributed by atoms with Crippen molar-refractivity contribution in [2.75, 3.05) is 11.9 Å². The fraction of sp³-hybridized carbons (Fsp3) is 0.188. The first-order chi connectivity index (χ1) is 12.1. The molecule has 0 spiro atoms. The lowest BCUT2D eigenvalue weighted by Gasteiger charge is -2.10. The molecule has 9 heteroatoms. The van der Waals surface area contributed by atoms with E-state index in [1.165, 1.54) is 12.1 Å². The number of ether oxygens (including phenoxy) is 1. The smallest absolute Gasteiger partial charge is 0.345 e. The van der Waals surface area contributed by atoms with Gasteiger partial charge in [0.25, 0.3) is 5.69 Å². The van der Waals surface area contributed by atoms with Gasteiger partial charge in [-0.3, -0.25) is 10.1 Å². The second-order valence-electron chi connectivity index (χ2n) is 5.10. The van der Waals surface area contributed by atoms with E-state index in [1.807, 2.05) is 6.07 Å². The van der Waals surface area contributed by atoms with Crippen molar-refractivity contribution < 1.29 is 14.5 Å². The van der Waals surface area contributed by atoms with Crippen molar-refractivity contribution in [2.45, 2.75) is 13.5 Å². The van der Waals surface area contributed by atoms with Gasteiger partial charge in [0.2, 0.25) is 0 Å². The van der Waals surface area contributed by atoms with Crippen molar-refractivity contribution in [3.8, 4) is 0 Å². The van der Waals surface area contributed by atoms with Crippen LogP contribution in [0.2, 0.25) is 0 Å². The zero-order valence-corrected chi connectivity index (χ0v) is 13.4. The maximum atomic E-state index is 12.0. The molecule has 2 heterocycles. The Bertz CT molecular complexity index is 937. The van der Waals surface area contributed by atoms with E-state index in [-0.39, 0.29) is 17.9 Å². The van der Waals surface area contributed by atoms with Gasteiger partial charge in [0, 0.05) is 24.0 Å². The maximum Gasteiger partial charge on any atom is 0.345 e. The molecule has 0 aliphatic carbocycles. The Morgan fingerprint density at radius 2 is 2.16 bits per heavy atom. The first kappa shape index (κ1) is 16.4. The SMILES string of the molecule is CCOC(=O)c1cc(NCc2ccnc3ccnn23)ccc1[N+](=O)[O-]. The Morgan fingerprint density at radius 1 is 1.32 bits per heavy atom. The Labute approximate surface area is 142 Å². The lowest BCUT2D eigenvalue weighted by Crippen LogP contribution is -2.10. The summed E-state index contributed by atoms with van der Waals surface area (Å²) in [6.07, 6.45) is 3.32. The van der Waals surface area contributed by atoms with Gasteiger partial charge >= 0.3 is 5.97 Å². The number of aromatic nitrogens is 3. The van der Waals surface area contributed by atoms with Crippen LogP contribution >= 0.6 is 0 Å². The van der Waals surface area contributed by atoms with Crippen molar-refractivity contribution in [1.82, 2.24) is 14.6 Å². The fourth-order valence-corrected chi connectivity index (χ4v) is 2.39. The molecule has 0 atom stereocenters. The summed E-state index contributed by atoms with van der Waals surface area (Å²) < 4.78 is 6.58. The molecule has 1 aromatic carbocycles. The molecule has 2 aromatic heterocycles. The highest BCUT2D eigenvalue weighted by Gasteiger charge is 2.21. The summed E-state index contributed by atoms with van der Waals surface area (Å²) in [6, 6.07) is 7.84. The molecule has 128 valence electrons. The highest BCUT2D eigenvalue weighted by atomic mass is 16.6. The van der Waals surface area contributed by atoms with Crippen LogP contribution in [0.3, 0.4) is 0 Å². The summed E-state index contributed by atoms with van der Waals surface area (Å²) in [6.45, 7) is 2.19. The number of carbonyl (C=O) groups excluding carboxylic acids is 1. The van der Waals surface area contributed by atoms with Crippen LogP contribution in [0, 0.1) is 10.1 Å². The fourth-order valence-electron chi connectivity index (χ4n) is 2.39. The number of nitro groups is 1. The Hall–Kier alpha value is -3.49. The molecule has 25 heavy (non-hydrogen) atoms. The van der Waals surface area contributed by atoms with Crippen molar-refractivity contribution in [1.29, 1.82) is 0 Å². The van der Waals surface area contributed by atoms with E-state index in [0.29, 0.717) is 12.2 Å². The van der Waals surface area contributed by atoms with E-state index in [2.05, 4.69) is 15.4 Å². The molecule has 0 bridgehead atoms. The quantitative estimate of drug-likeness (QED) is 0.416. The van der Waals surface area contributed by atoms with Gasteiger partial charge in [0.15, 0.2) is 5.65 Å². The molecular weight excluding hydrogens is 326 g/mol. The van der Waals surface area contributed by atoms with Crippen molar-refractivity contribution in [2.24, 2.45) is 0 Å². The number of fused-ring (bicyclic) bond motifs is 1. The van der Waals surface area contributed by atoms with Crippen LogP contribution in [0.5, 0.6) is 0 Å². The molecular formula is C16H15N5O4. The standard InChI is InChI=1S/C16H15N5O4/c1-2-25-16(22)13-9-11(3-4-14(13)21(23)24)18-10-12-5-7-17-15-6-8-19-20(12)15/h3-9,18H,2,10H2,1H3. The minimum Gasteiger partial charge on any atom is -0.462 e. The first-order valence-corrected chi connectivity index (χ1v) is 7.57. The van der Waals surface area contributed by atoms with Gasteiger partial charge in [-0.1, -0.05) is 0 Å². The second kappa shape index (κ2) is 6.95. The molecule has 0 fully saturated rings. The molecule has 0 radical (unpaired) electrons. The predicted octanol–water partition coefficient (Wildman–Crippen LogP) is 2.43. The number of carbonyl (C=O) groups is 1. The molecule has 3 aromatic rings. The molecule has 0 aliphatic rings. The first-order valence-electron chi connectivity index (χ1n) is 7.57. The predicted molar refractivity (Wildman–Crippen MR) is 89.4 cm³/mol. The van der Waals surface area contributed by atoms with Crippen LogP contribution in [0.4, 0.5) is 11.4 Å². The summed E-state index contributed by atoms with van der Waals surface area (Å²) in [5.41, 5.74) is 1.75. The molecule has 9 nitrogen and oxygen atoms in total. The van der Waals surface area contributed by atoms with Crippen molar-refractivity contribution in [3.63, 3.8) is 0 Å². The number of nitrogens with zero attached hydrogens (tertiary/aromatic N) is 4. The maximum absolute atomic E-state index is 12.0. The summed E-state index contributed by atoms with van der Waals surface area (Å²) in [4.78, 5) is 26.6. The number of hydrogen-bond acceptors (Lipinski definition) is 7. The number of hydrogen-bond donors (Lipinski definition) is 1. The number of esters is 1. The minimum absolute atomic E-state index is 0.0872. The average Bonchev–Trinajstić information content (AvgIpc) is 3.09. The third-order valence-corrected chi connectivity index (χ3v) is 3.53. The van der Waals surface area contributed by atoms with Crippen LogP contribution < -0.4 is 5.32 Å². The molecule has 0 unspecified atom stereocenters. The average molecular weight is 341 g/mol. The van der Waals surface area contributed by atoms with E-state index in [9.17, 15) is 14.9 Å². The van der Waals surface area contributed by atoms with E-state index in [4.69, 9.17) is 4.74 Å². The lowest BCUT2D eigenvalue weighted by atomic mass is 10.1. The molecule has 0 aliphatic heterocycles. The van der Waals surface area contributed by atoms with Gasteiger partial charge < -0.3 is 10.1 Å². The molecule has 3 rings (SSSR count). The lowest BCUT2D eigenvalue weighted by molar-refractivity contribution is -0.385. The van der Waals surface area contributed by atoms with E-state index < -0.39 is 10.9 Å². The third-order valence-electron chi connectivity index (χ3n) is 3.53. The zero-order chi connectivity index (χ0) is 17.8. The van der Waals surface area contributed by atoms with E-state index in [1.54, 1.807) is 36.0 Å². The summed E-state index contributed by atoms with van der Waals surface area (Å²) >= 11 is 0. The summed E-state index contributed by atoms with van der Waals surface area (Å²) in [5, 5.41) is 18.4. The van der Waals surface area contributed by atoms with E-state index >= 15 is 0 Å². The number of nitro benzene ring substituents is 1. The molecule has 0 saturated carbocycles. The van der Waals surface area contributed by atoms with Crippen LogP contribution in [0.25, 0.3) is 5.65 Å². The van der Waals surface area contributed by atoms with Gasteiger partial charge in [-0.25, -0.2) is 14.3 Å². The highest BCUT2D eigenvalue weighted by Crippen LogP contribution is 2.24. The van der Waals surface area contributed by atoms with E-state index in [0.717, 1.165) is 11.3 Å².